The molecule has 1 saturated heterocycles. The molecule has 0 aliphatic carbocycles. The zero-order chi connectivity index (χ0) is 11.9. The van der Waals surface area contributed by atoms with Crippen LogP contribution in [0.2, 0.25) is 0 Å². The Hall–Kier alpha value is -0.730. The molecular weight excluding hydrogens is 190 g/mol. The van der Waals surface area contributed by atoms with Crippen LogP contribution in [-0.4, -0.2) is 29.2 Å². The first-order chi connectivity index (χ1) is 6.61. The van der Waals surface area contributed by atoms with Crippen LogP contribution < -0.4 is 0 Å². The van der Waals surface area contributed by atoms with Gasteiger partial charge in [0.15, 0.2) is 0 Å². The molecule has 1 heterocycles. The van der Waals surface area contributed by atoms with Crippen LogP contribution in [0.5, 0.6) is 0 Å². The fourth-order valence-electron chi connectivity index (χ4n) is 2.16. The molecule has 0 aromatic carbocycles. The lowest BCUT2D eigenvalue weighted by molar-refractivity contribution is 0.0226. The largest absolute Gasteiger partial charge is 0.444 e. The maximum atomic E-state index is 11.9. The highest BCUT2D eigenvalue weighted by Gasteiger charge is 2.39. The Morgan fingerprint density at radius 3 is 2.27 bits per heavy atom. The lowest BCUT2D eigenvalue weighted by Gasteiger charge is -2.27. The van der Waals surface area contributed by atoms with Gasteiger partial charge in [0.25, 0.3) is 0 Å². The Kier molecular flexibility index (Phi) is 3.04. The van der Waals surface area contributed by atoms with Gasteiger partial charge in [-0.2, -0.15) is 0 Å². The molecule has 15 heavy (non-hydrogen) atoms. The van der Waals surface area contributed by atoms with Gasteiger partial charge in [0, 0.05) is 12.6 Å². The van der Waals surface area contributed by atoms with Crippen LogP contribution in [0.3, 0.4) is 0 Å². The first-order valence-electron chi connectivity index (χ1n) is 5.60. The lowest BCUT2D eigenvalue weighted by Crippen LogP contribution is -2.39. The topological polar surface area (TPSA) is 29.5 Å². The third kappa shape index (κ3) is 3.40. The predicted molar refractivity (Wildman–Crippen MR) is 60.8 cm³/mol. The first kappa shape index (κ1) is 12.3. The van der Waals surface area contributed by atoms with E-state index in [1.54, 1.807) is 0 Å². The Morgan fingerprint density at radius 1 is 1.40 bits per heavy atom. The summed E-state index contributed by atoms with van der Waals surface area (Å²) < 4.78 is 5.37. The van der Waals surface area contributed by atoms with Crippen molar-refractivity contribution < 1.29 is 9.53 Å². The zero-order valence-electron chi connectivity index (χ0n) is 10.8. The number of carbonyl (C=O) groups excluding carboxylic acids is 1. The van der Waals surface area contributed by atoms with Crippen LogP contribution in [0.1, 0.15) is 48.0 Å². The quantitative estimate of drug-likeness (QED) is 0.619. The minimum atomic E-state index is -0.399. The fourth-order valence-corrected chi connectivity index (χ4v) is 2.16. The summed E-state index contributed by atoms with van der Waals surface area (Å²) >= 11 is 0. The molecule has 3 nitrogen and oxygen atoms in total. The number of nitrogens with zero attached hydrogens (tertiary/aromatic N) is 1. The molecule has 0 radical (unpaired) electrons. The van der Waals surface area contributed by atoms with Gasteiger partial charge in [0.2, 0.25) is 0 Å². The van der Waals surface area contributed by atoms with E-state index < -0.39 is 5.60 Å². The van der Waals surface area contributed by atoms with Crippen LogP contribution in [-0.2, 0) is 4.74 Å². The van der Waals surface area contributed by atoms with Crippen LogP contribution >= 0.6 is 0 Å². The highest BCUT2D eigenvalue weighted by molar-refractivity contribution is 5.69. The highest BCUT2D eigenvalue weighted by Crippen LogP contribution is 2.34. The number of ether oxygens (including phenoxy) is 1. The Bertz CT molecular complexity index is 253. The van der Waals surface area contributed by atoms with Gasteiger partial charge < -0.3 is 9.64 Å². The summed E-state index contributed by atoms with van der Waals surface area (Å²) in [5, 5.41) is 0. The molecule has 1 unspecified atom stereocenters. The van der Waals surface area contributed by atoms with Crippen LogP contribution in [0.15, 0.2) is 0 Å². The van der Waals surface area contributed by atoms with E-state index >= 15 is 0 Å². The van der Waals surface area contributed by atoms with Crippen molar-refractivity contribution in [3.8, 4) is 0 Å². The second-order valence-corrected chi connectivity index (χ2v) is 6.33. The SMILES string of the molecule is CC1CC(C)(C)CN1C(=O)OC(C)(C)C. The summed E-state index contributed by atoms with van der Waals surface area (Å²) in [5.41, 5.74) is -0.181. The van der Waals surface area contributed by atoms with Gasteiger partial charge in [-0.1, -0.05) is 13.8 Å². The van der Waals surface area contributed by atoms with Crippen molar-refractivity contribution in [1.29, 1.82) is 0 Å². The Morgan fingerprint density at radius 2 is 1.93 bits per heavy atom. The second kappa shape index (κ2) is 3.69. The van der Waals surface area contributed by atoms with Crippen molar-refractivity contribution in [3.05, 3.63) is 0 Å². The van der Waals surface area contributed by atoms with Gasteiger partial charge in [-0.25, -0.2) is 4.79 Å². The molecule has 1 atom stereocenters. The van der Waals surface area contributed by atoms with Gasteiger partial charge >= 0.3 is 6.09 Å². The molecule has 1 aliphatic rings. The minimum Gasteiger partial charge on any atom is -0.444 e. The van der Waals surface area contributed by atoms with E-state index in [1.807, 2.05) is 25.7 Å². The standard InChI is InChI=1S/C12H23NO2/c1-9-7-12(5,6)8-13(9)10(14)15-11(2,3)4/h9H,7-8H2,1-6H3. The molecular formula is C12H23NO2. The third-order valence-corrected chi connectivity index (χ3v) is 2.61. The zero-order valence-corrected chi connectivity index (χ0v) is 10.8. The van der Waals surface area contributed by atoms with Crippen LogP contribution in [0, 0.1) is 5.41 Å². The normalized spacial score (nSPS) is 25.5. The number of hydrogen-bond acceptors (Lipinski definition) is 2. The molecule has 0 N–H and O–H groups in total. The summed E-state index contributed by atoms with van der Waals surface area (Å²) in [4.78, 5) is 13.7. The molecule has 88 valence electrons. The summed E-state index contributed by atoms with van der Waals surface area (Å²) in [6.07, 6.45) is 0.868. The number of carbonyl (C=O) groups is 1. The van der Waals surface area contributed by atoms with E-state index in [4.69, 9.17) is 4.74 Å². The maximum absolute atomic E-state index is 11.9. The molecule has 1 aliphatic heterocycles. The minimum absolute atomic E-state index is 0.180. The predicted octanol–water partition coefficient (Wildman–Crippen LogP) is 3.04. The van der Waals surface area contributed by atoms with Gasteiger partial charge in [-0.05, 0) is 39.5 Å². The molecule has 0 saturated carbocycles. The smallest absolute Gasteiger partial charge is 0.410 e. The highest BCUT2D eigenvalue weighted by atomic mass is 16.6. The summed E-state index contributed by atoms with van der Waals surface area (Å²) in [5.74, 6) is 0. The van der Waals surface area contributed by atoms with Crippen molar-refractivity contribution in [1.82, 2.24) is 4.90 Å². The van der Waals surface area contributed by atoms with E-state index in [0.717, 1.165) is 13.0 Å². The molecule has 0 bridgehead atoms. The lowest BCUT2D eigenvalue weighted by atomic mass is 9.91. The van der Waals surface area contributed by atoms with Gasteiger partial charge in [0.1, 0.15) is 5.60 Å². The molecule has 0 aromatic rings. The van der Waals surface area contributed by atoms with Gasteiger partial charge in [0.05, 0.1) is 0 Å². The maximum Gasteiger partial charge on any atom is 0.410 e. The molecule has 0 aromatic heterocycles. The van der Waals surface area contributed by atoms with Crippen LogP contribution in [0.25, 0.3) is 0 Å². The van der Waals surface area contributed by atoms with Crippen molar-refractivity contribution in [2.75, 3.05) is 6.54 Å². The number of rotatable bonds is 0. The third-order valence-electron chi connectivity index (χ3n) is 2.61. The molecule has 0 spiro atoms. The number of amides is 1. The van der Waals surface area contributed by atoms with Crippen LogP contribution in [0.4, 0.5) is 4.79 Å². The molecule has 1 amide bonds. The van der Waals surface area contributed by atoms with E-state index in [9.17, 15) is 4.79 Å². The average Bonchev–Trinajstić information content (AvgIpc) is 2.20. The Balaban J connectivity index is 2.62. The summed E-state index contributed by atoms with van der Waals surface area (Å²) in [7, 11) is 0. The van der Waals surface area contributed by atoms with E-state index in [2.05, 4.69) is 20.8 Å². The Labute approximate surface area is 92.8 Å². The van der Waals surface area contributed by atoms with Gasteiger partial charge in [-0.15, -0.1) is 0 Å². The summed E-state index contributed by atoms with van der Waals surface area (Å²) in [6, 6.07) is 0.287. The van der Waals surface area contributed by atoms with Crippen molar-refractivity contribution in [2.45, 2.75) is 59.6 Å². The van der Waals surface area contributed by atoms with Crippen molar-refractivity contribution in [3.63, 3.8) is 0 Å². The molecule has 1 fully saturated rings. The monoisotopic (exact) mass is 213 g/mol. The van der Waals surface area contributed by atoms with Crippen molar-refractivity contribution >= 4 is 6.09 Å². The second-order valence-electron chi connectivity index (χ2n) is 6.33. The van der Waals surface area contributed by atoms with Crippen molar-refractivity contribution in [2.24, 2.45) is 5.41 Å². The summed E-state index contributed by atoms with van der Waals surface area (Å²) in [6.45, 7) is 13.0. The molecule has 1 rings (SSSR count). The van der Waals surface area contributed by atoms with E-state index in [1.165, 1.54) is 0 Å². The van der Waals surface area contributed by atoms with E-state index in [0.29, 0.717) is 0 Å². The van der Waals surface area contributed by atoms with Gasteiger partial charge in [-0.3, -0.25) is 0 Å². The van der Waals surface area contributed by atoms with E-state index in [-0.39, 0.29) is 17.6 Å². The fraction of sp³-hybridized carbons (Fsp3) is 0.917. The first-order valence-corrected chi connectivity index (χ1v) is 5.60. The number of hydrogen-bond donors (Lipinski definition) is 0. The average molecular weight is 213 g/mol. The number of likely N-dealkylation sites (tertiary alicyclic amines) is 1. The molecule has 3 heteroatoms.